The lowest BCUT2D eigenvalue weighted by Crippen LogP contribution is -2.28. The minimum atomic E-state index is 0.432. The van der Waals surface area contributed by atoms with Crippen LogP contribution >= 0.6 is 0 Å². The molecule has 1 fully saturated rings. The molecule has 1 atom stereocenters. The molecule has 3 heterocycles. The van der Waals surface area contributed by atoms with Gasteiger partial charge in [-0.1, -0.05) is 0 Å². The van der Waals surface area contributed by atoms with Gasteiger partial charge in [0.15, 0.2) is 0 Å². The van der Waals surface area contributed by atoms with E-state index < -0.39 is 0 Å². The Balaban J connectivity index is 1.79. The van der Waals surface area contributed by atoms with Crippen molar-refractivity contribution in [2.45, 2.75) is 25.8 Å². The van der Waals surface area contributed by atoms with Crippen LogP contribution in [0, 0.1) is 6.92 Å². The molecule has 17 heavy (non-hydrogen) atoms. The Hall–Kier alpha value is -1.69. The van der Waals surface area contributed by atoms with Crippen molar-refractivity contribution in [2.24, 2.45) is 0 Å². The monoisotopic (exact) mass is 233 g/mol. The first-order valence-electron chi connectivity index (χ1n) is 5.87. The van der Waals surface area contributed by atoms with Crippen molar-refractivity contribution >= 4 is 5.65 Å². The lowest BCUT2D eigenvalue weighted by molar-refractivity contribution is 0.269. The van der Waals surface area contributed by atoms with Gasteiger partial charge in [0.05, 0.1) is 0 Å². The summed E-state index contributed by atoms with van der Waals surface area (Å²) in [5.74, 6) is 1.40. The van der Waals surface area contributed by atoms with E-state index in [9.17, 15) is 0 Å². The normalized spacial score (nSPS) is 19.9. The highest BCUT2D eigenvalue weighted by atomic mass is 16.5. The van der Waals surface area contributed by atoms with E-state index >= 15 is 0 Å². The van der Waals surface area contributed by atoms with Gasteiger partial charge in [-0.15, -0.1) is 10.2 Å². The van der Waals surface area contributed by atoms with Gasteiger partial charge in [-0.2, -0.15) is 0 Å². The maximum atomic E-state index is 5.72. The average Bonchev–Trinajstić information content (AvgIpc) is 2.97. The van der Waals surface area contributed by atoms with Crippen LogP contribution in [0.25, 0.3) is 5.65 Å². The van der Waals surface area contributed by atoms with Gasteiger partial charge >= 0.3 is 0 Å². The van der Waals surface area contributed by atoms with E-state index in [1.807, 2.05) is 17.5 Å². The number of aryl methyl sites for hydroxylation is 1. The molecule has 2 aromatic rings. The minimum Gasteiger partial charge on any atom is -0.473 e. The van der Waals surface area contributed by atoms with Gasteiger partial charge in [0.1, 0.15) is 12.4 Å². The number of ether oxygens (including phenoxy) is 1. The molecule has 0 spiro atoms. The van der Waals surface area contributed by atoms with Crippen LogP contribution in [-0.4, -0.2) is 38.8 Å². The fourth-order valence-corrected chi connectivity index (χ4v) is 2.10. The van der Waals surface area contributed by atoms with Crippen LogP contribution in [0.5, 0.6) is 5.88 Å². The number of aromatic nitrogens is 4. The third kappa shape index (κ3) is 1.95. The molecular weight excluding hydrogens is 218 g/mol. The Morgan fingerprint density at radius 1 is 1.53 bits per heavy atom. The van der Waals surface area contributed by atoms with E-state index in [0.29, 0.717) is 24.2 Å². The molecule has 2 aromatic heterocycles. The molecule has 1 saturated heterocycles. The second-order valence-corrected chi connectivity index (χ2v) is 4.28. The summed E-state index contributed by atoms with van der Waals surface area (Å²) in [5, 5.41) is 11.5. The second kappa shape index (κ2) is 4.29. The van der Waals surface area contributed by atoms with Crippen LogP contribution in [0.15, 0.2) is 12.4 Å². The molecule has 1 aliphatic heterocycles. The average molecular weight is 233 g/mol. The van der Waals surface area contributed by atoms with Crippen molar-refractivity contribution in [1.29, 1.82) is 0 Å². The highest BCUT2D eigenvalue weighted by molar-refractivity contribution is 5.48. The van der Waals surface area contributed by atoms with Crippen molar-refractivity contribution in [3.05, 3.63) is 18.2 Å². The number of nitrogens with zero attached hydrogens (tertiary/aromatic N) is 4. The third-order valence-electron chi connectivity index (χ3n) is 3.05. The van der Waals surface area contributed by atoms with Crippen LogP contribution in [0.1, 0.15) is 18.7 Å². The largest absolute Gasteiger partial charge is 0.473 e. The molecule has 0 radical (unpaired) electrons. The van der Waals surface area contributed by atoms with Gasteiger partial charge in [0.25, 0.3) is 5.88 Å². The first-order chi connectivity index (χ1) is 8.34. The molecule has 1 N–H and O–H groups in total. The van der Waals surface area contributed by atoms with Crippen LogP contribution < -0.4 is 10.1 Å². The maximum absolute atomic E-state index is 5.72. The molecule has 6 nitrogen and oxygen atoms in total. The topological polar surface area (TPSA) is 64.3 Å². The second-order valence-electron chi connectivity index (χ2n) is 4.28. The Morgan fingerprint density at radius 2 is 2.47 bits per heavy atom. The fraction of sp³-hybridized carbons (Fsp3) is 0.545. The highest BCUT2D eigenvalue weighted by Gasteiger charge is 2.16. The van der Waals surface area contributed by atoms with E-state index in [-0.39, 0.29) is 0 Å². The van der Waals surface area contributed by atoms with Crippen LogP contribution in [0.2, 0.25) is 0 Å². The lowest BCUT2D eigenvalue weighted by Gasteiger charge is -2.11. The summed E-state index contributed by atoms with van der Waals surface area (Å²) < 4.78 is 7.60. The van der Waals surface area contributed by atoms with E-state index in [1.165, 1.54) is 6.42 Å². The quantitative estimate of drug-likeness (QED) is 0.839. The zero-order valence-corrected chi connectivity index (χ0v) is 9.76. The van der Waals surface area contributed by atoms with Crippen molar-refractivity contribution in [3.63, 3.8) is 0 Å². The molecule has 0 aromatic carbocycles. The summed E-state index contributed by atoms with van der Waals surface area (Å²) in [5.41, 5.74) is 0.683. The summed E-state index contributed by atoms with van der Waals surface area (Å²) in [7, 11) is 0. The van der Waals surface area contributed by atoms with Gasteiger partial charge in [-0.3, -0.25) is 4.40 Å². The standard InChI is InChI=1S/C11H15N5O/c1-8-14-15-10-11(13-5-6-16(8)10)17-7-9-3-2-4-12-9/h5-6,9,12H,2-4,7H2,1H3. The van der Waals surface area contributed by atoms with Gasteiger partial charge in [-0.05, 0) is 26.3 Å². The van der Waals surface area contributed by atoms with Crippen molar-refractivity contribution in [1.82, 2.24) is 24.9 Å². The first-order valence-corrected chi connectivity index (χ1v) is 5.87. The fourth-order valence-electron chi connectivity index (χ4n) is 2.10. The maximum Gasteiger partial charge on any atom is 0.260 e. The number of hydrogen-bond donors (Lipinski definition) is 1. The van der Waals surface area contributed by atoms with Crippen LogP contribution in [0.4, 0.5) is 0 Å². The van der Waals surface area contributed by atoms with E-state index in [0.717, 1.165) is 18.8 Å². The van der Waals surface area contributed by atoms with Crippen molar-refractivity contribution in [3.8, 4) is 5.88 Å². The summed E-state index contributed by atoms with van der Waals surface area (Å²) in [6, 6.07) is 0.432. The Labute approximate surface area is 99.0 Å². The van der Waals surface area contributed by atoms with E-state index in [2.05, 4.69) is 20.5 Å². The van der Waals surface area contributed by atoms with Gasteiger partial charge in [-0.25, -0.2) is 4.98 Å². The van der Waals surface area contributed by atoms with Gasteiger partial charge in [0, 0.05) is 18.4 Å². The van der Waals surface area contributed by atoms with Crippen LogP contribution in [0.3, 0.4) is 0 Å². The number of nitrogens with one attached hydrogen (secondary N) is 1. The Kier molecular flexibility index (Phi) is 2.64. The third-order valence-corrected chi connectivity index (χ3v) is 3.05. The summed E-state index contributed by atoms with van der Waals surface area (Å²) in [4.78, 5) is 4.21. The van der Waals surface area contributed by atoms with Crippen LogP contribution in [-0.2, 0) is 0 Å². The highest BCUT2D eigenvalue weighted by Crippen LogP contribution is 2.15. The first kappa shape index (κ1) is 10.5. The summed E-state index contributed by atoms with van der Waals surface area (Å²) >= 11 is 0. The molecule has 1 unspecified atom stereocenters. The molecule has 3 rings (SSSR count). The molecule has 1 aliphatic rings. The van der Waals surface area contributed by atoms with Gasteiger partial charge < -0.3 is 10.1 Å². The minimum absolute atomic E-state index is 0.432. The Morgan fingerprint density at radius 3 is 3.29 bits per heavy atom. The number of hydrogen-bond acceptors (Lipinski definition) is 5. The predicted octanol–water partition coefficient (Wildman–Crippen LogP) is 0.564. The molecule has 0 amide bonds. The molecule has 90 valence electrons. The summed E-state index contributed by atoms with van der Waals surface area (Å²) in [6.07, 6.45) is 5.93. The molecular formula is C11H15N5O. The van der Waals surface area contributed by atoms with Crippen molar-refractivity contribution in [2.75, 3.05) is 13.2 Å². The number of rotatable bonds is 3. The van der Waals surface area contributed by atoms with E-state index in [1.54, 1.807) is 6.20 Å². The zero-order chi connectivity index (χ0) is 11.7. The van der Waals surface area contributed by atoms with Gasteiger partial charge in [0.2, 0.25) is 5.65 Å². The number of fused-ring (bicyclic) bond motifs is 1. The molecule has 0 bridgehead atoms. The zero-order valence-electron chi connectivity index (χ0n) is 9.76. The summed E-state index contributed by atoms with van der Waals surface area (Å²) in [6.45, 7) is 3.62. The SMILES string of the molecule is Cc1nnc2c(OCC3CCCN3)nccn12. The molecule has 6 heteroatoms. The molecule has 0 aliphatic carbocycles. The lowest BCUT2D eigenvalue weighted by atomic mass is 10.2. The molecule has 0 saturated carbocycles. The smallest absolute Gasteiger partial charge is 0.260 e. The van der Waals surface area contributed by atoms with E-state index in [4.69, 9.17) is 4.74 Å². The predicted molar refractivity (Wildman–Crippen MR) is 62.0 cm³/mol. The Bertz CT molecular complexity index is 518. The van der Waals surface area contributed by atoms with Crippen molar-refractivity contribution < 1.29 is 4.74 Å².